The van der Waals surface area contributed by atoms with E-state index in [2.05, 4.69) is 25.9 Å². The van der Waals surface area contributed by atoms with Crippen molar-refractivity contribution in [3.05, 3.63) is 83.3 Å². The Morgan fingerprint density at radius 2 is 1.93 bits per heavy atom. The molecule has 222 valence electrons. The molecule has 3 N–H and O–H groups in total. The lowest BCUT2D eigenvalue weighted by Gasteiger charge is -2.34. The predicted molar refractivity (Wildman–Crippen MR) is 164 cm³/mol. The van der Waals surface area contributed by atoms with Crippen LogP contribution in [0.5, 0.6) is 5.75 Å². The number of aliphatic hydroxyl groups excluding tert-OH is 1. The summed E-state index contributed by atoms with van der Waals surface area (Å²) in [6, 6.07) is 12.6. The number of nitrogens with one attached hydrogen (secondary N) is 2. The van der Waals surface area contributed by atoms with Crippen LogP contribution in [-0.4, -0.2) is 103 Å². The molecule has 2 fully saturated rings. The van der Waals surface area contributed by atoms with E-state index in [1.165, 1.54) is 6.07 Å². The Bertz CT molecular complexity index is 1350. The van der Waals surface area contributed by atoms with Crippen LogP contribution < -0.4 is 10.1 Å². The SMILES string of the molecule is C#Cc1cc(C2=CN(C)C(/C=C\C(=N)N3CCCC3c3cccc(F)c3)N2)ccc1OCCN1CCN(CCO)CC1. The van der Waals surface area contributed by atoms with Gasteiger partial charge in [-0.15, -0.1) is 6.42 Å². The van der Waals surface area contributed by atoms with Gasteiger partial charge < -0.3 is 25.0 Å². The maximum absolute atomic E-state index is 13.8. The number of ether oxygens (including phenoxy) is 1. The number of amidine groups is 1. The first kappa shape index (κ1) is 29.6. The highest BCUT2D eigenvalue weighted by Gasteiger charge is 2.28. The zero-order valence-electron chi connectivity index (χ0n) is 24.3. The van der Waals surface area contributed by atoms with Crippen molar-refractivity contribution in [2.75, 3.05) is 66.1 Å². The quantitative estimate of drug-likeness (QED) is 0.229. The van der Waals surface area contributed by atoms with Crippen LogP contribution in [0.25, 0.3) is 5.70 Å². The van der Waals surface area contributed by atoms with E-state index < -0.39 is 0 Å². The number of rotatable bonds is 10. The average molecular weight is 573 g/mol. The Hall–Kier alpha value is -3.84. The number of terminal acetylenes is 1. The maximum Gasteiger partial charge on any atom is 0.135 e. The van der Waals surface area contributed by atoms with Crippen LogP contribution in [-0.2, 0) is 0 Å². The third kappa shape index (κ3) is 7.13. The van der Waals surface area contributed by atoms with Gasteiger partial charge in [0.15, 0.2) is 0 Å². The van der Waals surface area contributed by atoms with E-state index >= 15 is 0 Å². The lowest BCUT2D eigenvalue weighted by molar-refractivity contribution is 0.102. The number of likely N-dealkylation sites (tertiary alicyclic amines) is 1. The molecule has 3 aliphatic heterocycles. The molecule has 2 aromatic carbocycles. The van der Waals surface area contributed by atoms with Gasteiger partial charge in [0, 0.05) is 64.6 Å². The molecule has 42 heavy (non-hydrogen) atoms. The number of hydrogen-bond donors (Lipinski definition) is 3. The van der Waals surface area contributed by atoms with Crippen molar-refractivity contribution in [1.82, 2.24) is 24.9 Å². The molecule has 2 aromatic rings. The summed E-state index contributed by atoms with van der Waals surface area (Å²) in [6.07, 6.45) is 13.5. The van der Waals surface area contributed by atoms with Gasteiger partial charge in [-0.2, -0.15) is 0 Å². The predicted octanol–water partition coefficient (Wildman–Crippen LogP) is 3.33. The summed E-state index contributed by atoms with van der Waals surface area (Å²) in [7, 11) is 1.99. The highest BCUT2D eigenvalue weighted by atomic mass is 19.1. The molecule has 0 aliphatic carbocycles. The first-order valence-corrected chi connectivity index (χ1v) is 14.7. The van der Waals surface area contributed by atoms with Crippen LogP contribution in [0.1, 0.15) is 35.6 Å². The molecule has 3 aliphatic rings. The van der Waals surface area contributed by atoms with Crippen molar-refractivity contribution in [3.8, 4) is 18.1 Å². The molecule has 5 rings (SSSR count). The number of halogens is 1. The molecular weight excluding hydrogens is 531 g/mol. The Kier molecular flexibility index (Phi) is 9.80. The van der Waals surface area contributed by atoms with E-state index in [9.17, 15) is 4.39 Å². The Morgan fingerprint density at radius 3 is 2.67 bits per heavy atom. The van der Waals surface area contributed by atoms with Gasteiger partial charge in [-0.3, -0.25) is 15.2 Å². The van der Waals surface area contributed by atoms with Crippen molar-refractivity contribution in [2.24, 2.45) is 0 Å². The molecule has 9 heteroatoms. The van der Waals surface area contributed by atoms with Crippen molar-refractivity contribution in [2.45, 2.75) is 25.0 Å². The summed E-state index contributed by atoms with van der Waals surface area (Å²) in [6.45, 7) is 6.99. The fourth-order valence-corrected chi connectivity index (χ4v) is 5.92. The van der Waals surface area contributed by atoms with E-state index in [1.54, 1.807) is 12.1 Å². The fourth-order valence-electron chi connectivity index (χ4n) is 5.92. The normalized spacial score (nSPS) is 21.4. The topological polar surface area (TPSA) is 78.3 Å². The summed E-state index contributed by atoms with van der Waals surface area (Å²) in [4.78, 5) is 8.76. The fraction of sp³-hybridized carbons (Fsp3) is 0.424. The number of benzene rings is 2. The monoisotopic (exact) mass is 572 g/mol. The molecule has 0 aromatic heterocycles. The highest BCUT2D eigenvalue weighted by molar-refractivity contribution is 5.91. The molecule has 2 unspecified atom stereocenters. The average Bonchev–Trinajstić information content (AvgIpc) is 3.64. The number of β-amino-alcohol motifs (C(OH)–C–C–N with tert-alkyl or cyclic N) is 1. The minimum atomic E-state index is -0.242. The molecule has 0 bridgehead atoms. The van der Waals surface area contributed by atoms with E-state index in [4.69, 9.17) is 21.7 Å². The van der Waals surface area contributed by atoms with E-state index in [-0.39, 0.29) is 24.6 Å². The third-order valence-corrected chi connectivity index (χ3v) is 8.30. The second-order valence-corrected chi connectivity index (χ2v) is 11.1. The molecule has 2 atom stereocenters. The van der Waals surface area contributed by atoms with Crippen LogP contribution in [0, 0.1) is 23.6 Å². The zero-order chi connectivity index (χ0) is 29.5. The summed E-state index contributed by atoms with van der Waals surface area (Å²) >= 11 is 0. The van der Waals surface area contributed by atoms with Crippen LogP contribution in [0.2, 0.25) is 0 Å². The number of aliphatic hydroxyl groups is 1. The lowest BCUT2D eigenvalue weighted by Crippen LogP contribution is -2.48. The summed E-state index contributed by atoms with van der Waals surface area (Å²) < 4.78 is 19.9. The van der Waals surface area contributed by atoms with Crippen LogP contribution >= 0.6 is 0 Å². The summed E-state index contributed by atoms with van der Waals surface area (Å²) in [5.41, 5.74) is 3.54. The molecule has 8 nitrogen and oxygen atoms in total. The van der Waals surface area contributed by atoms with Crippen LogP contribution in [0.3, 0.4) is 0 Å². The van der Waals surface area contributed by atoms with Gasteiger partial charge in [-0.25, -0.2) is 4.39 Å². The maximum atomic E-state index is 13.8. The molecule has 0 radical (unpaired) electrons. The van der Waals surface area contributed by atoms with Crippen molar-refractivity contribution < 1.29 is 14.2 Å². The van der Waals surface area contributed by atoms with Gasteiger partial charge in [0.2, 0.25) is 0 Å². The van der Waals surface area contributed by atoms with E-state index in [0.717, 1.165) is 75.5 Å². The first-order chi connectivity index (χ1) is 20.4. The Morgan fingerprint density at radius 1 is 1.14 bits per heavy atom. The van der Waals surface area contributed by atoms with E-state index in [0.29, 0.717) is 23.8 Å². The summed E-state index contributed by atoms with van der Waals surface area (Å²) in [5.74, 6) is 3.66. The van der Waals surface area contributed by atoms with Crippen LogP contribution in [0.4, 0.5) is 4.39 Å². The highest BCUT2D eigenvalue weighted by Crippen LogP contribution is 2.32. The molecular formula is C33H41FN6O2. The summed E-state index contributed by atoms with van der Waals surface area (Å²) in [5, 5.41) is 21.4. The smallest absolute Gasteiger partial charge is 0.135 e. The number of nitrogens with zero attached hydrogens (tertiary/aromatic N) is 4. The second kappa shape index (κ2) is 13.9. The number of hydrogen-bond acceptors (Lipinski definition) is 7. The lowest BCUT2D eigenvalue weighted by atomic mass is 10.0. The molecule has 3 heterocycles. The number of piperazine rings is 1. The second-order valence-electron chi connectivity index (χ2n) is 11.1. The van der Waals surface area contributed by atoms with Crippen molar-refractivity contribution >= 4 is 11.5 Å². The molecule has 0 spiro atoms. The largest absolute Gasteiger partial charge is 0.491 e. The zero-order valence-corrected chi connectivity index (χ0v) is 24.3. The number of likely N-dealkylation sites (N-methyl/N-ethyl adjacent to an activating group) is 1. The van der Waals surface area contributed by atoms with Gasteiger partial charge in [0.1, 0.15) is 30.2 Å². The van der Waals surface area contributed by atoms with Crippen molar-refractivity contribution in [3.63, 3.8) is 0 Å². The minimum absolute atomic E-state index is 0.0193. The minimum Gasteiger partial charge on any atom is -0.491 e. The Labute approximate surface area is 248 Å². The molecule has 2 saturated heterocycles. The van der Waals surface area contributed by atoms with Gasteiger partial charge in [-0.1, -0.05) is 18.1 Å². The standard InChI is InChI=1S/C33H41FN6O2/c1-3-25-22-26(9-10-31(25)42-21-19-39-16-14-38(15-17-39)18-20-41)29-24-37(2)33(36-29)12-11-32(35)40-13-5-8-30(40)27-6-4-7-28(34)23-27/h1,4,6-7,9-12,22-24,30,33,35-36,41H,5,8,13-21H2,2H3/b12-11-,35-32?. The van der Waals surface area contributed by atoms with Gasteiger partial charge in [0.25, 0.3) is 0 Å². The van der Waals surface area contributed by atoms with E-state index in [1.807, 2.05) is 54.6 Å². The molecule has 0 saturated carbocycles. The third-order valence-electron chi connectivity index (χ3n) is 8.30. The van der Waals surface area contributed by atoms with Crippen molar-refractivity contribution in [1.29, 1.82) is 5.41 Å². The molecule has 0 amide bonds. The van der Waals surface area contributed by atoms with Gasteiger partial charge in [0.05, 0.1) is 23.9 Å². The van der Waals surface area contributed by atoms with Gasteiger partial charge >= 0.3 is 0 Å². The van der Waals surface area contributed by atoms with Gasteiger partial charge in [-0.05, 0) is 60.9 Å². The Balaban J connectivity index is 1.14. The van der Waals surface area contributed by atoms with Crippen LogP contribution in [0.15, 0.2) is 60.8 Å². The first-order valence-electron chi connectivity index (χ1n) is 14.7.